The van der Waals surface area contributed by atoms with Crippen molar-refractivity contribution in [3.63, 3.8) is 0 Å². The van der Waals surface area contributed by atoms with Crippen LogP contribution in [0.25, 0.3) is 0 Å². The second-order valence-electron chi connectivity index (χ2n) is 5.31. The van der Waals surface area contributed by atoms with Crippen LogP contribution in [-0.2, 0) is 14.8 Å². The van der Waals surface area contributed by atoms with Gasteiger partial charge in [0.15, 0.2) is 11.5 Å². The number of carboxylic acids is 1. The molecule has 1 heterocycles. The Morgan fingerprint density at radius 3 is 2.46 bits per heavy atom. The first-order valence-electron chi connectivity index (χ1n) is 7.38. The standard InChI is InChI=1S/C16H13Cl2NO6S/c17-10-1-3-12(18)13(7-10)19(9-16(20)21)26(22,23)11-2-4-14-15(8-11)25-6-5-24-14/h1-4,7-8H,5-6,9H2,(H,20,21). The van der Waals surface area contributed by atoms with E-state index in [0.717, 1.165) is 0 Å². The van der Waals surface area contributed by atoms with E-state index < -0.39 is 22.5 Å². The Kier molecular flexibility index (Phi) is 5.17. The number of halogens is 2. The molecule has 0 saturated carbocycles. The highest BCUT2D eigenvalue weighted by Gasteiger charge is 2.30. The van der Waals surface area contributed by atoms with E-state index in [4.69, 9.17) is 32.7 Å². The molecule has 2 aromatic rings. The van der Waals surface area contributed by atoms with Gasteiger partial charge in [-0.25, -0.2) is 8.42 Å². The van der Waals surface area contributed by atoms with Crippen LogP contribution in [0.1, 0.15) is 0 Å². The zero-order chi connectivity index (χ0) is 18.9. The summed E-state index contributed by atoms with van der Waals surface area (Å²) < 4.78 is 37.6. The smallest absolute Gasteiger partial charge is 0.324 e. The molecule has 1 N–H and O–H groups in total. The third-order valence-corrected chi connectivity index (χ3v) is 5.87. The van der Waals surface area contributed by atoms with Crippen molar-refractivity contribution in [2.75, 3.05) is 24.1 Å². The van der Waals surface area contributed by atoms with Crippen molar-refractivity contribution in [2.24, 2.45) is 0 Å². The van der Waals surface area contributed by atoms with Crippen LogP contribution in [0, 0.1) is 0 Å². The zero-order valence-corrected chi connectivity index (χ0v) is 15.5. The number of benzene rings is 2. The van der Waals surface area contributed by atoms with E-state index in [2.05, 4.69) is 0 Å². The molecule has 0 radical (unpaired) electrons. The maximum atomic E-state index is 13.1. The molecule has 0 spiro atoms. The van der Waals surface area contributed by atoms with Crippen LogP contribution in [0.4, 0.5) is 5.69 Å². The maximum Gasteiger partial charge on any atom is 0.324 e. The quantitative estimate of drug-likeness (QED) is 0.803. The van der Waals surface area contributed by atoms with E-state index in [0.29, 0.717) is 16.7 Å². The molecule has 0 aliphatic carbocycles. The Labute approximate surface area is 159 Å². The van der Waals surface area contributed by atoms with Crippen LogP contribution in [0.15, 0.2) is 41.3 Å². The van der Waals surface area contributed by atoms with E-state index in [1.165, 1.54) is 36.4 Å². The minimum absolute atomic E-state index is 0.0311. The molecular weight excluding hydrogens is 405 g/mol. The van der Waals surface area contributed by atoms with Crippen LogP contribution >= 0.6 is 23.2 Å². The van der Waals surface area contributed by atoms with Crippen LogP contribution in [-0.4, -0.2) is 39.3 Å². The van der Waals surface area contributed by atoms with Gasteiger partial charge in [-0.1, -0.05) is 23.2 Å². The number of aliphatic carboxylic acids is 1. The summed E-state index contributed by atoms with van der Waals surface area (Å²) in [5.41, 5.74) is -0.0311. The number of hydrogen-bond acceptors (Lipinski definition) is 5. The first-order chi connectivity index (χ1) is 12.3. The average Bonchev–Trinajstić information content (AvgIpc) is 2.61. The lowest BCUT2D eigenvalue weighted by molar-refractivity contribution is -0.135. The monoisotopic (exact) mass is 417 g/mol. The Hall–Kier alpha value is -2.16. The first kappa shape index (κ1) is 18.6. The normalized spacial score (nSPS) is 13.3. The first-order valence-corrected chi connectivity index (χ1v) is 9.58. The highest BCUT2D eigenvalue weighted by atomic mass is 35.5. The predicted octanol–water partition coefficient (Wildman–Crippen LogP) is 3.04. The summed E-state index contributed by atoms with van der Waals surface area (Å²) in [5.74, 6) is -0.660. The fourth-order valence-corrected chi connectivity index (χ4v) is 4.29. The average molecular weight is 418 g/mol. The molecule has 0 amide bonds. The molecule has 26 heavy (non-hydrogen) atoms. The third-order valence-electron chi connectivity index (χ3n) is 3.56. The Balaban J connectivity index is 2.10. The third kappa shape index (κ3) is 3.67. The van der Waals surface area contributed by atoms with Crippen molar-refractivity contribution in [1.82, 2.24) is 0 Å². The molecule has 0 aromatic heterocycles. The molecule has 3 rings (SSSR count). The second kappa shape index (κ2) is 7.22. The van der Waals surface area contributed by atoms with Crippen LogP contribution < -0.4 is 13.8 Å². The van der Waals surface area contributed by atoms with Gasteiger partial charge in [0, 0.05) is 11.1 Å². The van der Waals surface area contributed by atoms with Gasteiger partial charge in [0.25, 0.3) is 10.0 Å². The summed E-state index contributed by atoms with van der Waals surface area (Å²) >= 11 is 12.0. The molecule has 2 aromatic carbocycles. The SMILES string of the molecule is O=C(O)CN(c1cc(Cl)ccc1Cl)S(=O)(=O)c1ccc2c(c1)OCCO2. The second-order valence-corrected chi connectivity index (χ2v) is 8.01. The number of fused-ring (bicyclic) bond motifs is 1. The van der Waals surface area contributed by atoms with Gasteiger partial charge in [-0.05, 0) is 30.3 Å². The van der Waals surface area contributed by atoms with Gasteiger partial charge in [0.1, 0.15) is 19.8 Å². The molecule has 0 atom stereocenters. The summed E-state index contributed by atoms with van der Waals surface area (Å²) in [6.07, 6.45) is 0. The molecule has 10 heteroatoms. The van der Waals surface area contributed by atoms with Gasteiger partial charge < -0.3 is 14.6 Å². The van der Waals surface area contributed by atoms with Gasteiger partial charge >= 0.3 is 5.97 Å². The van der Waals surface area contributed by atoms with Crippen molar-refractivity contribution in [3.05, 3.63) is 46.4 Å². The van der Waals surface area contributed by atoms with Gasteiger partial charge in [0.05, 0.1) is 15.6 Å². The number of carboxylic acid groups (broad SMARTS) is 1. The predicted molar refractivity (Wildman–Crippen MR) is 96.1 cm³/mol. The van der Waals surface area contributed by atoms with E-state index in [9.17, 15) is 18.3 Å². The van der Waals surface area contributed by atoms with Gasteiger partial charge in [-0.15, -0.1) is 0 Å². The topological polar surface area (TPSA) is 93.1 Å². The van der Waals surface area contributed by atoms with Crippen LogP contribution in [0.5, 0.6) is 11.5 Å². The number of nitrogens with zero attached hydrogens (tertiary/aromatic N) is 1. The summed E-state index contributed by atoms with van der Waals surface area (Å²) in [6, 6.07) is 8.23. The number of hydrogen-bond donors (Lipinski definition) is 1. The Morgan fingerprint density at radius 2 is 1.77 bits per heavy atom. The van der Waals surface area contributed by atoms with E-state index in [-0.39, 0.29) is 33.0 Å². The minimum atomic E-state index is -4.25. The molecule has 1 aliphatic rings. The molecule has 0 bridgehead atoms. The fraction of sp³-hybridized carbons (Fsp3) is 0.188. The lowest BCUT2D eigenvalue weighted by Crippen LogP contribution is -2.36. The molecule has 138 valence electrons. The van der Waals surface area contributed by atoms with Crippen LogP contribution in [0.2, 0.25) is 10.0 Å². The van der Waals surface area contributed by atoms with Crippen molar-refractivity contribution in [2.45, 2.75) is 4.90 Å². The Bertz CT molecular complexity index is 963. The minimum Gasteiger partial charge on any atom is -0.486 e. The maximum absolute atomic E-state index is 13.1. The zero-order valence-electron chi connectivity index (χ0n) is 13.2. The highest BCUT2D eigenvalue weighted by Crippen LogP contribution is 2.36. The highest BCUT2D eigenvalue weighted by molar-refractivity contribution is 7.92. The number of sulfonamides is 1. The summed E-state index contributed by atoms with van der Waals surface area (Å²) in [5, 5.41) is 9.45. The lowest BCUT2D eigenvalue weighted by atomic mass is 10.3. The summed E-state index contributed by atoms with van der Waals surface area (Å²) in [7, 11) is -4.25. The van der Waals surface area contributed by atoms with Crippen molar-refractivity contribution >= 4 is 44.9 Å². The lowest BCUT2D eigenvalue weighted by Gasteiger charge is -2.25. The van der Waals surface area contributed by atoms with Crippen molar-refractivity contribution < 1.29 is 27.8 Å². The van der Waals surface area contributed by atoms with Crippen molar-refractivity contribution in [1.29, 1.82) is 0 Å². The van der Waals surface area contributed by atoms with Gasteiger partial charge in [0.2, 0.25) is 0 Å². The van der Waals surface area contributed by atoms with E-state index in [1.54, 1.807) is 0 Å². The molecular formula is C16H13Cl2NO6S. The number of ether oxygens (including phenoxy) is 2. The molecule has 0 fully saturated rings. The molecule has 1 aliphatic heterocycles. The largest absolute Gasteiger partial charge is 0.486 e. The van der Waals surface area contributed by atoms with Crippen molar-refractivity contribution in [3.8, 4) is 11.5 Å². The summed E-state index contributed by atoms with van der Waals surface area (Å²) in [4.78, 5) is 11.1. The molecule has 0 unspecified atom stereocenters. The Morgan fingerprint density at radius 1 is 1.08 bits per heavy atom. The van der Waals surface area contributed by atoms with E-state index >= 15 is 0 Å². The van der Waals surface area contributed by atoms with Crippen LogP contribution in [0.3, 0.4) is 0 Å². The number of carbonyl (C=O) groups is 1. The number of anilines is 1. The van der Waals surface area contributed by atoms with Gasteiger partial charge in [-0.3, -0.25) is 9.10 Å². The van der Waals surface area contributed by atoms with E-state index in [1.807, 2.05) is 0 Å². The summed E-state index contributed by atoms with van der Waals surface area (Å²) in [6.45, 7) is -0.172. The number of rotatable bonds is 5. The van der Waals surface area contributed by atoms with Gasteiger partial charge in [-0.2, -0.15) is 0 Å². The fourth-order valence-electron chi connectivity index (χ4n) is 2.41. The molecule has 7 nitrogen and oxygen atoms in total. The molecule has 0 saturated heterocycles.